The SMILES string of the molecule is Cc1ncsc1CCOCc1ccc(C(C)CN)cc1. The summed E-state index contributed by atoms with van der Waals surface area (Å²) in [6.07, 6.45) is 0.943. The summed E-state index contributed by atoms with van der Waals surface area (Å²) in [4.78, 5) is 5.56. The minimum atomic E-state index is 0.416. The second-order valence-electron chi connectivity index (χ2n) is 5.04. The van der Waals surface area contributed by atoms with Crippen LogP contribution in [-0.2, 0) is 17.8 Å². The van der Waals surface area contributed by atoms with Gasteiger partial charge in [-0.15, -0.1) is 11.3 Å². The first-order valence-corrected chi connectivity index (χ1v) is 7.84. The van der Waals surface area contributed by atoms with Crippen molar-refractivity contribution in [2.45, 2.75) is 32.8 Å². The monoisotopic (exact) mass is 290 g/mol. The molecular weight excluding hydrogens is 268 g/mol. The van der Waals surface area contributed by atoms with E-state index in [0.29, 0.717) is 19.1 Å². The molecule has 0 saturated heterocycles. The number of nitrogens with two attached hydrogens (primary N) is 1. The molecule has 0 bridgehead atoms. The number of rotatable bonds is 7. The number of hydrogen-bond donors (Lipinski definition) is 1. The molecule has 0 aliphatic rings. The standard InChI is InChI=1S/C16H22N2OS/c1-12(9-17)15-5-3-14(4-6-15)10-19-8-7-16-13(2)18-11-20-16/h3-6,11-12H,7-10,17H2,1-2H3. The Labute approximate surface area is 124 Å². The second kappa shape index (κ2) is 7.53. The number of nitrogens with zero attached hydrogens (tertiary/aromatic N) is 1. The van der Waals surface area contributed by atoms with Gasteiger partial charge in [0.2, 0.25) is 0 Å². The zero-order valence-electron chi connectivity index (χ0n) is 12.1. The molecule has 2 N–H and O–H groups in total. The largest absolute Gasteiger partial charge is 0.376 e. The van der Waals surface area contributed by atoms with Crippen molar-refractivity contribution in [1.29, 1.82) is 0 Å². The van der Waals surface area contributed by atoms with Crippen LogP contribution in [0.5, 0.6) is 0 Å². The lowest BCUT2D eigenvalue weighted by molar-refractivity contribution is 0.124. The molecule has 0 spiro atoms. The highest BCUT2D eigenvalue weighted by Gasteiger charge is 2.03. The van der Waals surface area contributed by atoms with Crippen molar-refractivity contribution < 1.29 is 4.74 Å². The van der Waals surface area contributed by atoms with Crippen molar-refractivity contribution in [2.24, 2.45) is 5.73 Å². The van der Waals surface area contributed by atoms with Crippen LogP contribution in [-0.4, -0.2) is 18.1 Å². The molecule has 1 aromatic carbocycles. The van der Waals surface area contributed by atoms with Gasteiger partial charge in [0, 0.05) is 11.3 Å². The number of aromatic nitrogens is 1. The Hall–Kier alpha value is -1.23. The van der Waals surface area contributed by atoms with Gasteiger partial charge in [0.1, 0.15) is 0 Å². The van der Waals surface area contributed by atoms with Gasteiger partial charge >= 0.3 is 0 Å². The maximum atomic E-state index is 5.73. The molecule has 2 rings (SSSR count). The lowest BCUT2D eigenvalue weighted by Crippen LogP contribution is -2.08. The van der Waals surface area contributed by atoms with Crippen LogP contribution in [0.15, 0.2) is 29.8 Å². The van der Waals surface area contributed by atoms with Gasteiger partial charge in [-0.25, -0.2) is 4.98 Å². The number of thiazole rings is 1. The predicted molar refractivity (Wildman–Crippen MR) is 84.1 cm³/mol. The Bertz CT molecular complexity index is 522. The van der Waals surface area contributed by atoms with Gasteiger partial charge in [0.15, 0.2) is 0 Å². The third-order valence-electron chi connectivity index (χ3n) is 3.49. The molecule has 0 amide bonds. The molecule has 1 unspecified atom stereocenters. The fraction of sp³-hybridized carbons (Fsp3) is 0.438. The van der Waals surface area contributed by atoms with Crippen LogP contribution in [0.2, 0.25) is 0 Å². The maximum Gasteiger partial charge on any atom is 0.0797 e. The summed E-state index contributed by atoms with van der Waals surface area (Å²) in [5, 5.41) is 0. The minimum absolute atomic E-state index is 0.416. The van der Waals surface area contributed by atoms with Gasteiger partial charge in [-0.05, 0) is 30.5 Å². The van der Waals surface area contributed by atoms with E-state index in [-0.39, 0.29) is 0 Å². The molecule has 0 saturated carbocycles. The van der Waals surface area contributed by atoms with E-state index in [1.165, 1.54) is 16.0 Å². The van der Waals surface area contributed by atoms with E-state index in [1.807, 2.05) is 12.4 Å². The van der Waals surface area contributed by atoms with Crippen molar-refractivity contribution >= 4 is 11.3 Å². The van der Waals surface area contributed by atoms with Crippen LogP contribution < -0.4 is 5.73 Å². The molecule has 0 aliphatic carbocycles. The molecule has 4 heteroatoms. The topological polar surface area (TPSA) is 48.1 Å². The number of ether oxygens (including phenoxy) is 1. The third-order valence-corrected chi connectivity index (χ3v) is 4.48. The van der Waals surface area contributed by atoms with E-state index in [4.69, 9.17) is 10.5 Å². The molecule has 108 valence electrons. The Kier molecular flexibility index (Phi) is 5.71. The summed E-state index contributed by atoms with van der Waals surface area (Å²) >= 11 is 1.70. The summed E-state index contributed by atoms with van der Waals surface area (Å²) in [5.74, 6) is 0.416. The van der Waals surface area contributed by atoms with Crippen LogP contribution in [0.4, 0.5) is 0 Å². The molecule has 1 atom stereocenters. The van der Waals surface area contributed by atoms with Gasteiger partial charge in [-0.2, -0.15) is 0 Å². The highest BCUT2D eigenvalue weighted by molar-refractivity contribution is 7.09. The summed E-state index contributed by atoms with van der Waals surface area (Å²) in [6.45, 7) is 6.27. The average molecular weight is 290 g/mol. The second-order valence-corrected chi connectivity index (χ2v) is 5.98. The zero-order valence-corrected chi connectivity index (χ0v) is 13.0. The molecule has 3 nitrogen and oxygen atoms in total. The Morgan fingerprint density at radius 2 is 2.05 bits per heavy atom. The van der Waals surface area contributed by atoms with Crippen molar-refractivity contribution in [3.05, 3.63) is 51.5 Å². The fourth-order valence-corrected chi connectivity index (χ4v) is 2.76. The van der Waals surface area contributed by atoms with Crippen molar-refractivity contribution in [3.63, 3.8) is 0 Å². The van der Waals surface area contributed by atoms with Crippen molar-refractivity contribution in [1.82, 2.24) is 4.98 Å². The molecule has 0 radical (unpaired) electrons. The van der Waals surface area contributed by atoms with E-state index < -0.39 is 0 Å². The summed E-state index contributed by atoms with van der Waals surface area (Å²) in [5.41, 5.74) is 11.2. The van der Waals surface area contributed by atoms with E-state index in [2.05, 4.69) is 36.2 Å². The van der Waals surface area contributed by atoms with Crippen LogP contribution in [0, 0.1) is 6.92 Å². The molecule has 1 aromatic heterocycles. The van der Waals surface area contributed by atoms with Crippen molar-refractivity contribution in [2.75, 3.05) is 13.2 Å². The number of hydrogen-bond acceptors (Lipinski definition) is 4. The smallest absolute Gasteiger partial charge is 0.0797 e. The van der Waals surface area contributed by atoms with Gasteiger partial charge in [0.05, 0.1) is 24.4 Å². The van der Waals surface area contributed by atoms with E-state index in [0.717, 1.165) is 18.7 Å². The summed E-state index contributed by atoms with van der Waals surface area (Å²) in [7, 11) is 0. The fourth-order valence-electron chi connectivity index (χ4n) is 2.00. The zero-order chi connectivity index (χ0) is 14.4. The van der Waals surface area contributed by atoms with Crippen LogP contribution in [0.25, 0.3) is 0 Å². The minimum Gasteiger partial charge on any atom is -0.376 e. The molecule has 0 fully saturated rings. The Balaban J connectivity index is 1.75. The highest BCUT2D eigenvalue weighted by Crippen LogP contribution is 2.16. The first-order valence-electron chi connectivity index (χ1n) is 6.96. The third kappa shape index (κ3) is 4.13. The predicted octanol–water partition coefficient (Wildman–Crippen LogP) is 3.27. The Morgan fingerprint density at radius 3 is 2.65 bits per heavy atom. The first kappa shape index (κ1) is 15.2. The number of aryl methyl sites for hydroxylation is 1. The van der Waals surface area contributed by atoms with Gasteiger partial charge in [-0.1, -0.05) is 31.2 Å². The lowest BCUT2D eigenvalue weighted by atomic mass is 10.0. The molecule has 0 aliphatic heterocycles. The molecule has 20 heavy (non-hydrogen) atoms. The van der Waals surface area contributed by atoms with Gasteiger partial charge in [-0.3, -0.25) is 0 Å². The summed E-state index contributed by atoms with van der Waals surface area (Å²) in [6, 6.07) is 8.53. The molecule has 1 heterocycles. The normalized spacial score (nSPS) is 12.6. The van der Waals surface area contributed by atoms with E-state index in [1.54, 1.807) is 11.3 Å². The van der Waals surface area contributed by atoms with E-state index in [9.17, 15) is 0 Å². The average Bonchev–Trinajstić information content (AvgIpc) is 2.89. The lowest BCUT2D eigenvalue weighted by Gasteiger charge is -2.10. The van der Waals surface area contributed by atoms with Crippen molar-refractivity contribution in [3.8, 4) is 0 Å². The quantitative estimate of drug-likeness (QED) is 0.796. The van der Waals surface area contributed by atoms with Crippen LogP contribution >= 0.6 is 11.3 Å². The molecule has 2 aromatic rings. The first-order chi connectivity index (χ1) is 9.70. The van der Waals surface area contributed by atoms with Gasteiger partial charge in [0.25, 0.3) is 0 Å². The molecular formula is C16H22N2OS. The maximum absolute atomic E-state index is 5.73. The highest BCUT2D eigenvalue weighted by atomic mass is 32.1. The van der Waals surface area contributed by atoms with E-state index >= 15 is 0 Å². The van der Waals surface area contributed by atoms with Gasteiger partial charge < -0.3 is 10.5 Å². The summed E-state index contributed by atoms with van der Waals surface area (Å²) < 4.78 is 5.73. The van der Waals surface area contributed by atoms with Crippen LogP contribution in [0.1, 0.15) is 34.5 Å². The van der Waals surface area contributed by atoms with Crippen LogP contribution in [0.3, 0.4) is 0 Å². The number of benzene rings is 1. The Morgan fingerprint density at radius 1 is 1.30 bits per heavy atom.